The van der Waals surface area contributed by atoms with Gasteiger partial charge in [-0.05, 0) is 12.1 Å². The Morgan fingerprint density at radius 2 is 2.45 bits per heavy atom. The standard InChI is InChI=1S/C7H6N2OS/c1-5(10)6-2-3-7(9-6)11-4-8/h2-3,9H,1H3. The van der Waals surface area contributed by atoms with E-state index in [2.05, 4.69) is 4.98 Å². The lowest BCUT2D eigenvalue weighted by Gasteiger charge is -1.86. The van der Waals surface area contributed by atoms with Crippen molar-refractivity contribution in [3.8, 4) is 5.40 Å². The highest BCUT2D eigenvalue weighted by Gasteiger charge is 2.01. The van der Waals surface area contributed by atoms with Gasteiger partial charge in [0.2, 0.25) is 0 Å². The van der Waals surface area contributed by atoms with Gasteiger partial charge in [-0.1, -0.05) is 0 Å². The van der Waals surface area contributed by atoms with Gasteiger partial charge in [0, 0.05) is 18.7 Å². The van der Waals surface area contributed by atoms with Gasteiger partial charge in [0.15, 0.2) is 5.78 Å². The molecule has 11 heavy (non-hydrogen) atoms. The number of nitrogens with zero attached hydrogens (tertiary/aromatic N) is 1. The minimum Gasteiger partial charge on any atom is -0.347 e. The highest BCUT2D eigenvalue weighted by Crippen LogP contribution is 2.15. The van der Waals surface area contributed by atoms with Crippen molar-refractivity contribution in [2.45, 2.75) is 11.9 Å². The van der Waals surface area contributed by atoms with Gasteiger partial charge in [-0.25, -0.2) is 0 Å². The number of carbonyl (C=O) groups is 1. The molecule has 1 N–H and O–H groups in total. The minimum atomic E-state index is -0.0187. The van der Waals surface area contributed by atoms with Crippen LogP contribution in [0.15, 0.2) is 17.2 Å². The van der Waals surface area contributed by atoms with Gasteiger partial charge in [0.25, 0.3) is 0 Å². The first-order chi connectivity index (χ1) is 5.24. The van der Waals surface area contributed by atoms with Crippen LogP contribution >= 0.6 is 11.8 Å². The third kappa shape index (κ3) is 1.85. The molecule has 0 bridgehead atoms. The molecule has 0 saturated heterocycles. The maximum atomic E-state index is 10.7. The summed E-state index contributed by atoms with van der Waals surface area (Å²) in [7, 11) is 0. The summed E-state index contributed by atoms with van der Waals surface area (Å²) in [5.41, 5.74) is 0.544. The quantitative estimate of drug-likeness (QED) is 0.414. The lowest BCUT2D eigenvalue weighted by atomic mass is 10.3. The fourth-order valence-corrected chi connectivity index (χ4v) is 1.08. The van der Waals surface area contributed by atoms with Crippen LogP contribution in [-0.4, -0.2) is 10.8 Å². The second-order valence-electron chi connectivity index (χ2n) is 1.99. The second kappa shape index (κ2) is 3.26. The minimum absolute atomic E-state index is 0.0187. The molecule has 0 aliphatic rings. The van der Waals surface area contributed by atoms with Gasteiger partial charge in [-0.15, -0.1) is 0 Å². The van der Waals surface area contributed by atoms with Crippen LogP contribution in [0.5, 0.6) is 0 Å². The van der Waals surface area contributed by atoms with E-state index in [0.29, 0.717) is 10.7 Å². The molecule has 1 aromatic rings. The highest BCUT2D eigenvalue weighted by molar-refractivity contribution is 8.03. The molecule has 0 amide bonds. The number of hydrogen-bond donors (Lipinski definition) is 1. The fraction of sp³-hybridized carbons (Fsp3) is 0.143. The Morgan fingerprint density at radius 3 is 2.91 bits per heavy atom. The van der Waals surface area contributed by atoms with Crippen molar-refractivity contribution in [3.63, 3.8) is 0 Å². The maximum Gasteiger partial charge on any atom is 0.175 e. The van der Waals surface area contributed by atoms with Crippen LogP contribution < -0.4 is 0 Å². The summed E-state index contributed by atoms with van der Waals surface area (Å²) >= 11 is 1.01. The van der Waals surface area contributed by atoms with E-state index in [-0.39, 0.29) is 5.78 Å². The molecule has 0 atom stereocenters. The van der Waals surface area contributed by atoms with Crippen LogP contribution in [0, 0.1) is 10.7 Å². The molecule has 0 aliphatic heterocycles. The number of Topliss-reactive ketones (excluding diaryl/α,β-unsaturated/α-hetero) is 1. The first-order valence-electron chi connectivity index (χ1n) is 3.00. The average Bonchev–Trinajstić information content (AvgIpc) is 2.37. The Bertz CT molecular complexity index is 310. The Kier molecular flexibility index (Phi) is 2.34. The number of rotatable bonds is 2. The van der Waals surface area contributed by atoms with E-state index >= 15 is 0 Å². The molecule has 1 aromatic heterocycles. The van der Waals surface area contributed by atoms with Crippen molar-refractivity contribution < 1.29 is 4.79 Å². The lowest BCUT2D eigenvalue weighted by Crippen LogP contribution is -1.90. The summed E-state index contributed by atoms with van der Waals surface area (Å²) in [6, 6.07) is 3.38. The van der Waals surface area contributed by atoms with Gasteiger partial charge >= 0.3 is 0 Å². The van der Waals surface area contributed by atoms with Gasteiger partial charge < -0.3 is 4.98 Å². The zero-order valence-electron chi connectivity index (χ0n) is 5.92. The number of H-pyrrole nitrogens is 1. The number of thiocyanates is 1. The molecule has 0 radical (unpaired) electrons. The SMILES string of the molecule is CC(=O)c1ccc(SC#N)[nH]1. The van der Waals surface area contributed by atoms with Crippen LogP contribution in [0.4, 0.5) is 0 Å². The van der Waals surface area contributed by atoms with Crippen molar-refractivity contribution in [1.82, 2.24) is 4.98 Å². The van der Waals surface area contributed by atoms with Crippen molar-refractivity contribution in [2.75, 3.05) is 0 Å². The van der Waals surface area contributed by atoms with E-state index < -0.39 is 0 Å². The first kappa shape index (κ1) is 7.89. The molecule has 0 unspecified atom stereocenters. The van der Waals surface area contributed by atoms with E-state index in [4.69, 9.17) is 5.26 Å². The van der Waals surface area contributed by atoms with Crippen LogP contribution in [0.3, 0.4) is 0 Å². The molecule has 0 fully saturated rings. The summed E-state index contributed by atoms with van der Waals surface area (Å²) in [6.07, 6.45) is 0. The van der Waals surface area contributed by atoms with Crippen LogP contribution in [0.25, 0.3) is 0 Å². The molecule has 0 spiro atoms. The van der Waals surface area contributed by atoms with Crippen molar-refractivity contribution in [1.29, 1.82) is 5.26 Å². The Balaban J connectivity index is 2.83. The molecule has 1 rings (SSSR count). The number of nitriles is 1. The van der Waals surface area contributed by atoms with E-state index in [9.17, 15) is 4.79 Å². The third-order valence-electron chi connectivity index (χ3n) is 1.19. The van der Waals surface area contributed by atoms with E-state index in [1.165, 1.54) is 6.92 Å². The summed E-state index contributed by atoms with van der Waals surface area (Å²) < 4.78 is 0. The van der Waals surface area contributed by atoms with Crippen molar-refractivity contribution >= 4 is 17.5 Å². The number of aromatic nitrogens is 1. The molecule has 0 saturated carbocycles. The Labute approximate surface area is 68.4 Å². The molecule has 3 nitrogen and oxygen atoms in total. The fourth-order valence-electron chi connectivity index (χ4n) is 0.689. The Morgan fingerprint density at radius 1 is 1.73 bits per heavy atom. The topological polar surface area (TPSA) is 56.6 Å². The second-order valence-corrected chi connectivity index (χ2v) is 2.81. The summed E-state index contributed by atoms with van der Waals surface area (Å²) in [5.74, 6) is -0.0187. The highest BCUT2D eigenvalue weighted by atomic mass is 32.2. The van der Waals surface area contributed by atoms with Crippen molar-refractivity contribution in [3.05, 3.63) is 17.8 Å². The summed E-state index contributed by atoms with van der Waals surface area (Å²) in [6.45, 7) is 1.48. The van der Waals surface area contributed by atoms with E-state index in [1.54, 1.807) is 12.1 Å². The zero-order valence-corrected chi connectivity index (χ0v) is 6.73. The lowest BCUT2D eigenvalue weighted by molar-refractivity contribution is 0.101. The Hall–Kier alpha value is -1.21. The zero-order chi connectivity index (χ0) is 8.27. The van der Waals surface area contributed by atoms with E-state index in [1.807, 2.05) is 5.40 Å². The molecule has 1 heterocycles. The number of aromatic amines is 1. The van der Waals surface area contributed by atoms with Gasteiger partial charge in [-0.3, -0.25) is 4.79 Å². The predicted octanol–water partition coefficient (Wildman–Crippen LogP) is 1.79. The number of carbonyl (C=O) groups excluding carboxylic acids is 1. The summed E-state index contributed by atoms with van der Waals surface area (Å²) in [5, 5.41) is 10.9. The maximum absolute atomic E-state index is 10.7. The third-order valence-corrected chi connectivity index (χ3v) is 1.74. The number of nitrogens with one attached hydrogen (secondary N) is 1. The molecular weight excluding hydrogens is 160 g/mol. The monoisotopic (exact) mass is 166 g/mol. The number of ketones is 1. The largest absolute Gasteiger partial charge is 0.347 e. The van der Waals surface area contributed by atoms with Gasteiger partial charge in [-0.2, -0.15) is 5.26 Å². The van der Waals surface area contributed by atoms with Crippen LogP contribution in [-0.2, 0) is 0 Å². The molecule has 56 valence electrons. The van der Waals surface area contributed by atoms with E-state index in [0.717, 1.165) is 11.8 Å². The summed E-state index contributed by atoms with van der Waals surface area (Å²) in [4.78, 5) is 13.5. The van der Waals surface area contributed by atoms with Crippen LogP contribution in [0.1, 0.15) is 17.4 Å². The molecule has 0 aromatic carbocycles. The van der Waals surface area contributed by atoms with Crippen molar-refractivity contribution in [2.24, 2.45) is 0 Å². The number of thioether (sulfide) groups is 1. The molecule has 4 heteroatoms. The number of hydrogen-bond acceptors (Lipinski definition) is 3. The molecular formula is C7H6N2OS. The molecule has 0 aliphatic carbocycles. The van der Waals surface area contributed by atoms with Gasteiger partial charge in [0.1, 0.15) is 5.40 Å². The van der Waals surface area contributed by atoms with Crippen LogP contribution in [0.2, 0.25) is 0 Å². The average molecular weight is 166 g/mol. The normalized spacial score (nSPS) is 9.09. The smallest absolute Gasteiger partial charge is 0.175 e. The van der Waals surface area contributed by atoms with Gasteiger partial charge in [0.05, 0.1) is 10.7 Å². The first-order valence-corrected chi connectivity index (χ1v) is 3.81. The predicted molar refractivity (Wildman–Crippen MR) is 42.3 cm³/mol.